The Bertz CT molecular complexity index is 1740. The van der Waals surface area contributed by atoms with Gasteiger partial charge in [0, 0.05) is 41.9 Å². The van der Waals surface area contributed by atoms with Crippen LogP contribution in [0.25, 0.3) is 0 Å². The molecule has 1 saturated carbocycles. The van der Waals surface area contributed by atoms with Crippen molar-refractivity contribution in [1.29, 1.82) is 5.26 Å². The van der Waals surface area contributed by atoms with Crippen LogP contribution in [0.1, 0.15) is 74.4 Å². The number of carbonyl (C=O) groups excluding carboxylic acids is 2. The van der Waals surface area contributed by atoms with Crippen molar-refractivity contribution < 1.29 is 22.7 Å². The summed E-state index contributed by atoms with van der Waals surface area (Å²) in [5, 5.41) is 13.4. The molecular weight excluding hydrogens is 624 g/mol. The van der Waals surface area contributed by atoms with Crippen molar-refractivity contribution in [1.82, 2.24) is 10.0 Å². The molecule has 11 heteroatoms. The third-order valence-electron chi connectivity index (χ3n) is 10.7. The first-order valence-electron chi connectivity index (χ1n) is 16.1. The van der Waals surface area contributed by atoms with E-state index in [4.69, 9.17) is 16.3 Å². The van der Waals surface area contributed by atoms with Gasteiger partial charge >= 0.3 is 0 Å². The van der Waals surface area contributed by atoms with Crippen LogP contribution in [0.4, 0.5) is 5.69 Å². The molecule has 0 radical (unpaired) electrons. The van der Waals surface area contributed by atoms with E-state index in [0.29, 0.717) is 42.6 Å². The zero-order chi connectivity index (χ0) is 32.9. The molecule has 2 aromatic carbocycles. The van der Waals surface area contributed by atoms with Crippen LogP contribution in [0.5, 0.6) is 5.75 Å². The number of nitrogens with one attached hydrogen (secondary N) is 2. The summed E-state index contributed by atoms with van der Waals surface area (Å²) in [6.07, 6.45) is 8.35. The van der Waals surface area contributed by atoms with Crippen molar-refractivity contribution in [2.45, 2.75) is 75.5 Å². The number of hydrogen-bond acceptors (Lipinski definition) is 7. The number of allylic oxidation sites excluding steroid dienone is 1. The maximum absolute atomic E-state index is 13.4. The number of rotatable bonds is 1. The lowest BCUT2D eigenvalue weighted by molar-refractivity contribution is -0.121. The summed E-state index contributed by atoms with van der Waals surface area (Å²) in [6, 6.07) is 13.6. The standard InChI is InChI=1S/C35H41ClN4O5S/c1-22-6-4-15-35(19-37,38-24(3)41)30-11-8-27(30)18-40-20-34(14-5-7-25-16-28(36)10-12-29(25)34)21-45-32-13-9-26(17-31(32)40)33(42)39-46(43,44)23(22)2/h4,9-10,12-13,15-17,22-23,27,30H,5-8,11,14,18,20-21H2,1-3H3,(H,38,41)(H,39,42)/b15-4+/t22-,23+,27-,30+,34-,35-/m0/s1. The Morgan fingerprint density at radius 1 is 1.20 bits per heavy atom. The number of halogens is 1. The number of sulfonamides is 1. The zero-order valence-corrected chi connectivity index (χ0v) is 28.1. The molecule has 2 aliphatic carbocycles. The van der Waals surface area contributed by atoms with Crippen LogP contribution in [0.3, 0.4) is 0 Å². The molecule has 2 bridgehead atoms. The molecule has 2 aromatic rings. The van der Waals surface area contributed by atoms with Crippen LogP contribution < -0.4 is 19.7 Å². The molecule has 0 aromatic heterocycles. The Morgan fingerprint density at radius 3 is 2.72 bits per heavy atom. The van der Waals surface area contributed by atoms with Crippen molar-refractivity contribution in [2.75, 3.05) is 24.6 Å². The molecule has 2 aliphatic heterocycles. The second-order valence-corrected chi connectivity index (χ2v) is 16.2. The van der Waals surface area contributed by atoms with E-state index in [2.05, 4.69) is 27.1 Å². The van der Waals surface area contributed by atoms with Gasteiger partial charge in [-0.25, -0.2) is 13.1 Å². The molecular formula is C35H41ClN4O5S. The Hall–Kier alpha value is -3.55. The minimum absolute atomic E-state index is 0.0644. The van der Waals surface area contributed by atoms with Gasteiger partial charge in [-0.3, -0.25) is 9.59 Å². The second kappa shape index (κ2) is 12.2. The van der Waals surface area contributed by atoms with E-state index in [1.54, 1.807) is 44.2 Å². The molecule has 9 nitrogen and oxygen atoms in total. The number of anilines is 1. The van der Waals surface area contributed by atoms with Crippen LogP contribution in [0.2, 0.25) is 5.02 Å². The summed E-state index contributed by atoms with van der Waals surface area (Å²) >= 11 is 6.41. The predicted molar refractivity (Wildman–Crippen MR) is 177 cm³/mol. The number of amides is 2. The van der Waals surface area contributed by atoms with E-state index in [1.807, 2.05) is 12.1 Å². The van der Waals surface area contributed by atoms with Gasteiger partial charge in [-0.2, -0.15) is 5.26 Å². The third-order valence-corrected chi connectivity index (χ3v) is 12.9. The van der Waals surface area contributed by atoms with Crippen LogP contribution in [-0.4, -0.2) is 50.7 Å². The highest BCUT2D eigenvalue weighted by Crippen LogP contribution is 2.48. The Labute approximate surface area is 276 Å². The Morgan fingerprint density at radius 2 is 2.00 bits per heavy atom. The van der Waals surface area contributed by atoms with Gasteiger partial charge in [-0.15, -0.1) is 0 Å². The highest BCUT2D eigenvalue weighted by molar-refractivity contribution is 7.90. The average Bonchev–Trinajstić information content (AvgIpc) is 3.14. The minimum atomic E-state index is -4.02. The number of nitriles is 1. The predicted octanol–water partition coefficient (Wildman–Crippen LogP) is 5.28. The first-order valence-corrected chi connectivity index (χ1v) is 18.0. The van der Waals surface area contributed by atoms with Crippen LogP contribution >= 0.6 is 11.6 Å². The van der Waals surface area contributed by atoms with Crippen molar-refractivity contribution in [3.63, 3.8) is 0 Å². The summed E-state index contributed by atoms with van der Waals surface area (Å²) in [4.78, 5) is 28.2. The summed E-state index contributed by atoms with van der Waals surface area (Å²) in [5.41, 5.74) is 1.76. The number of nitrogens with zero attached hydrogens (tertiary/aromatic N) is 2. The molecule has 6 atom stereocenters. The van der Waals surface area contributed by atoms with E-state index in [0.717, 1.165) is 32.1 Å². The zero-order valence-electron chi connectivity index (χ0n) is 26.5. The molecule has 244 valence electrons. The van der Waals surface area contributed by atoms with Crippen molar-refractivity contribution >= 4 is 39.1 Å². The molecule has 2 N–H and O–H groups in total. The molecule has 0 unspecified atom stereocenters. The average molecular weight is 665 g/mol. The largest absolute Gasteiger partial charge is 0.490 e. The van der Waals surface area contributed by atoms with Gasteiger partial charge in [-0.1, -0.05) is 30.7 Å². The second-order valence-electron chi connectivity index (χ2n) is 13.7. The molecule has 1 fully saturated rings. The number of aryl methyl sites for hydroxylation is 1. The fraction of sp³-hybridized carbons (Fsp3) is 0.514. The number of benzene rings is 2. The number of ether oxygens (including phenoxy) is 1. The molecule has 2 heterocycles. The summed E-state index contributed by atoms with van der Waals surface area (Å²) in [7, 11) is -4.02. The maximum atomic E-state index is 13.4. The Balaban J connectivity index is 1.47. The van der Waals surface area contributed by atoms with E-state index >= 15 is 0 Å². The quantitative estimate of drug-likeness (QED) is 0.397. The van der Waals surface area contributed by atoms with E-state index in [-0.39, 0.29) is 34.6 Å². The Kier molecular flexibility index (Phi) is 8.62. The van der Waals surface area contributed by atoms with Gasteiger partial charge in [0.2, 0.25) is 15.9 Å². The van der Waals surface area contributed by atoms with Gasteiger partial charge in [0.05, 0.1) is 23.6 Å². The first kappa shape index (κ1) is 32.4. The molecule has 2 amide bonds. The monoisotopic (exact) mass is 664 g/mol. The summed E-state index contributed by atoms with van der Waals surface area (Å²) in [5.74, 6) is -0.821. The van der Waals surface area contributed by atoms with Gasteiger partial charge in [0.15, 0.2) is 0 Å². The highest BCUT2D eigenvalue weighted by Gasteiger charge is 2.49. The van der Waals surface area contributed by atoms with E-state index < -0.39 is 26.7 Å². The summed E-state index contributed by atoms with van der Waals surface area (Å²) in [6.45, 7) is 6.40. The summed E-state index contributed by atoms with van der Waals surface area (Å²) < 4.78 is 35.5. The fourth-order valence-corrected chi connectivity index (χ4v) is 9.35. The van der Waals surface area contributed by atoms with Crippen molar-refractivity contribution in [2.24, 2.45) is 17.8 Å². The van der Waals surface area contributed by atoms with Crippen LogP contribution in [-0.2, 0) is 26.7 Å². The SMILES string of the molecule is CC(=O)N[C@]1(C#N)/C=C/C[C@H](C)[C@@H](C)S(=O)(=O)NC(=O)c2ccc3c(c2)N(C[C@@H]2CC[C@H]21)C[C@@]1(CCCc2cc(Cl)ccc21)CO3. The van der Waals surface area contributed by atoms with Gasteiger partial charge < -0.3 is 15.0 Å². The van der Waals surface area contributed by atoms with Crippen LogP contribution in [0.15, 0.2) is 48.6 Å². The molecule has 6 rings (SSSR count). The van der Waals surface area contributed by atoms with E-state index in [1.165, 1.54) is 18.1 Å². The number of hydrogen-bond donors (Lipinski definition) is 2. The molecule has 4 aliphatic rings. The molecule has 46 heavy (non-hydrogen) atoms. The third kappa shape index (κ3) is 5.88. The van der Waals surface area contributed by atoms with Gasteiger partial charge in [0.25, 0.3) is 5.91 Å². The van der Waals surface area contributed by atoms with E-state index in [9.17, 15) is 23.3 Å². The molecule has 1 spiro atoms. The maximum Gasteiger partial charge on any atom is 0.264 e. The minimum Gasteiger partial charge on any atom is -0.490 e. The molecule has 0 saturated heterocycles. The lowest BCUT2D eigenvalue weighted by atomic mass is 9.63. The van der Waals surface area contributed by atoms with Crippen LogP contribution in [0, 0.1) is 29.1 Å². The fourth-order valence-electron chi connectivity index (χ4n) is 7.87. The topological polar surface area (TPSA) is 129 Å². The normalized spacial score (nSPS) is 32.7. The lowest BCUT2D eigenvalue weighted by Gasteiger charge is -2.48. The number of fused-ring (bicyclic) bond motifs is 4. The van der Waals surface area contributed by atoms with Gasteiger partial charge in [-0.05, 0) is 105 Å². The van der Waals surface area contributed by atoms with Gasteiger partial charge in [0.1, 0.15) is 11.3 Å². The van der Waals surface area contributed by atoms with Crippen molar-refractivity contribution in [3.05, 3.63) is 70.3 Å². The highest BCUT2D eigenvalue weighted by atomic mass is 35.5. The smallest absolute Gasteiger partial charge is 0.264 e. The first-order chi connectivity index (χ1) is 21.9. The number of carbonyl (C=O) groups is 2. The van der Waals surface area contributed by atoms with Crippen molar-refractivity contribution in [3.8, 4) is 11.8 Å². The lowest BCUT2D eigenvalue weighted by Crippen LogP contribution is -2.58.